The van der Waals surface area contributed by atoms with Crippen molar-refractivity contribution < 1.29 is 4.21 Å². The third-order valence-electron chi connectivity index (χ3n) is 3.06. The summed E-state index contributed by atoms with van der Waals surface area (Å²) in [6.45, 7) is 5.69. The van der Waals surface area contributed by atoms with E-state index in [4.69, 9.17) is 11.6 Å². The van der Waals surface area contributed by atoms with Gasteiger partial charge in [-0.1, -0.05) is 0 Å². The lowest BCUT2D eigenvalue weighted by molar-refractivity contribution is 0.672. The van der Waals surface area contributed by atoms with E-state index in [0.29, 0.717) is 5.88 Å². The summed E-state index contributed by atoms with van der Waals surface area (Å²) in [5.74, 6) is 2.93. The van der Waals surface area contributed by atoms with Crippen LogP contribution in [0.5, 0.6) is 0 Å². The van der Waals surface area contributed by atoms with Gasteiger partial charge in [-0.2, -0.15) is 0 Å². The summed E-state index contributed by atoms with van der Waals surface area (Å²) in [6.07, 6.45) is 0. The van der Waals surface area contributed by atoms with Crippen molar-refractivity contribution in [1.29, 1.82) is 0 Å². The van der Waals surface area contributed by atoms with Crippen LogP contribution < -0.4 is 4.90 Å². The Morgan fingerprint density at radius 1 is 1.41 bits per heavy atom. The highest BCUT2D eigenvalue weighted by molar-refractivity contribution is 7.85. The van der Waals surface area contributed by atoms with Crippen LogP contribution in [-0.4, -0.2) is 33.8 Å². The molecule has 1 aliphatic rings. The number of hydrogen-bond donors (Lipinski definition) is 0. The van der Waals surface area contributed by atoms with E-state index in [0.717, 1.165) is 41.7 Å². The first kappa shape index (κ1) is 12.8. The molecule has 0 aromatic carbocycles. The Labute approximate surface area is 110 Å². The van der Waals surface area contributed by atoms with Crippen LogP contribution in [0.15, 0.2) is 6.07 Å². The molecule has 0 spiro atoms. The Morgan fingerprint density at radius 3 is 2.65 bits per heavy atom. The van der Waals surface area contributed by atoms with Gasteiger partial charge in [0.2, 0.25) is 0 Å². The molecule has 0 bridgehead atoms. The van der Waals surface area contributed by atoms with Crippen molar-refractivity contribution in [2.24, 2.45) is 0 Å². The van der Waals surface area contributed by atoms with Gasteiger partial charge in [0.05, 0.1) is 5.88 Å². The maximum Gasteiger partial charge on any atom is 0.133 e. The van der Waals surface area contributed by atoms with E-state index in [1.54, 1.807) is 0 Å². The molecule has 1 aromatic rings. The zero-order valence-electron chi connectivity index (χ0n) is 10.2. The Hall–Kier alpha value is -0.610. The maximum absolute atomic E-state index is 11.4. The zero-order chi connectivity index (χ0) is 12.4. The van der Waals surface area contributed by atoms with Crippen molar-refractivity contribution >= 4 is 28.2 Å². The fourth-order valence-electron chi connectivity index (χ4n) is 2.12. The lowest BCUT2D eigenvalue weighted by Gasteiger charge is -2.29. The molecule has 17 heavy (non-hydrogen) atoms. The largest absolute Gasteiger partial charge is 0.354 e. The SMILES string of the molecule is Cc1cc(C)c(CCl)c(N2CCS(=O)CC2)n1. The second-order valence-corrected chi connectivity index (χ2v) is 6.31. The van der Waals surface area contributed by atoms with Gasteiger partial charge in [-0.05, 0) is 25.5 Å². The van der Waals surface area contributed by atoms with Gasteiger partial charge in [-0.25, -0.2) is 4.98 Å². The molecule has 2 rings (SSSR count). The van der Waals surface area contributed by atoms with Crippen LogP contribution in [-0.2, 0) is 16.7 Å². The van der Waals surface area contributed by atoms with Crippen molar-refractivity contribution in [3.63, 3.8) is 0 Å². The van der Waals surface area contributed by atoms with Gasteiger partial charge in [-0.3, -0.25) is 4.21 Å². The van der Waals surface area contributed by atoms with Gasteiger partial charge >= 0.3 is 0 Å². The smallest absolute Gasteiger partial charge is 0.133 e. The molecule has 1 aromatic heterocycles. The third kappa shape index (κ3) is 2.80. The minimum Gasteiger partial charge on any atom is -0.354 e. The van der Waals surface area contributed by atoms with E-state index < -0.39 is 10.8 Å². The lowest BCUT2D eigenvalue weighted by atomic mass is 10.1. The van der Waals surface area contributed by atoms with Gasteiger partial charge < -0.3 is 4.90 Å². The molecule has 1 saturated heterocycles. The molecule has 0 saturated carbocycles. The van der Waals surface area contributed by atoms with E-state index >= 15 is 0 Å². The molecule has 0 amide bonds. The Balaban J connectivity index is 2.33. The second-order valence-electron chi connectivity index (χ2n) is 4.35. The number of halogens is 1. The van der Waals surface area contributed by atoms with Crippen LogP contribution in [0.2, 0.25) is 0 Å². The number of aryl methyl sites for hydroxylation is 2. The molecule has 0 atom stereocenters. The number of aromatic nitrogens is 1. The Kier molecular flexibility index (Phi) is 4.05. The summed E-state index contributed by atoms with van der Waals surface area (Å²) in [7, 11) is -0.656. The number of pyridine rings is 1. The van der Waals surface area contributed by atoms with Crippen molar-refractivity contribution in [2.45, 2.75) is 19.7 Å². The summed E-state index contributed by atoms with van der Waals surface area (Å²) >= 11 is 6.01. The highest BCUT2D eigenvalue weighted by atomic mass is 35.5. The molecule has 1 aliphatic heterocycles. The first-order valence-electron chi connectivity index (χ1n) is 5.75. The van der Waals surface area contributed by atoms with Gasteiger partial charge in [0.25, 0.3) is 0 Å². The van der Waals surface area contributed by atoms with E-state index in [1.165, 1.54) is 5.56 Å². The van der Waals surface area contributed by atoms with Crippen LogP contribution in [0.1, 0.15) is 16.8 Å². The standard InChI is InChI=1S/C12H17ClN2OS/c1-9-7-10(2)14-12(11(9)8-13)15-3-5-17(16)6-4-15/h7H,3-6,8H2,1-2H3. The first-order valence-corrected chi connectivity index (χ1v) is 7.77. The molecule has 0 radical (unpaired) electrons. The molecule has 2 heterocycles. The van der Waals surface area contributed by atoms with Gasteiger partial charge in [0, 0.05) is 46.7 Å². The number of anilines is 1. The van der Waals surface area contributed by atoms with E-state index in [2.05, 4.69) is 22.9 Å². The quantitative estimate of drug-likeness (QED) is 0.772. The van der Waals surface area contributed by atoms with E-state index in [1.807, 2.05) is 6.92 Å². The zero-order valence-corrected chi connectivity index (χ0v) is 11.8. The molecule has 94 valence electrons. The normalized spacial score (nSPS) is 17.5. The van der Waals surface area contributed by atoms with Gasteiger partial charge in [0.1, 0.15) is 5.82 Å². The number of alkyl halides is 1. The summed E-state index contributed by atoms with van der Waals surface area (Å²) < 4.78 is 11.4. The lowest BCUT2D eigenvalue weighted by Crippen LogP contribution is -2.39. The Morgan fingerprint density at radius 2 is 2.06 bits per heavy atom. The average Bonchev–Trinajstić information content (AvgIpc) is 2.29. The topological polar surface area (TPSA) is 33.2 Å². The summed E-state index contributed by atoms with van der Waals surface area (Å²) in [6, 6.07) is 2.06. The van der Waals surface area contributed by atoms with Crippen molar-refractivity contribution in [2.75, 3.05) is 29.5 Å². The van der Waals surface area contributed by atoms with Crippen LogP contribution in [0, 0.1) is 13.8 Å². The first-order chi connectivity index (χ1) is 8.11. The predicted octanol–water partition coefficient (Wildman–Crippen LogP) is 2.01. The minimum absolute atomic E-state index is 0.480. The number of hydrogen-bond acceptors (Lipinski definition) is 3. The summed E-state index contributed by atoms with van der Waals surface area (Å²) in [4.78, 5) is 6.80. The molecule has 0 unspecified atom stereocenters. The van der Waals surface area contributed by atoms with Crippen molar-refractivity contribution in [3.8, 4) is 0 Å². The number of nitrogens with zero attached hydrogens (tertiary/aromatic N) is 2. The van der Waals surface area contributed by atoms with Crippen molar-refractivity contribution in [3.05, 3.63) is 22.9 Å². The molecular formula is C12H17ClN2OS. The molecule has 0 aliphatic carbocycles. The fourth-order valence-corrected chi connectivity index (χ4v) is 3.50. The third-order valence-corrected chi connectivity index (χ3v) is 4.61. The highest BCUT2D eigenvalue weighted by Gasteiger charge is 2.20. The van der Waals surface area contributed by atoms with E-state index in [-0.39, 0.29) is 0 Å². The predicted molar refractivity (Wildman–Crippen MR) is 73.4 cm³/mol. The molecular weight excluding hydrogens is 256 g/mol. The average molecular weight is 273 g/mol. The highest BCUT2D eigenvalue weighted by Crippen LogP contribution is 2.25. The fraction of sp³-hybridized carbons (Fsp3) is 0.583. The summed E-state index contributed by atoms with van der Waals surface area (Å²) in [5.41, 5.74) is 3.30. The molecule has 1 fully saturated rings. The minimum atomic E-state index is -0.656. The van der Waals surface area contributed by atoms with Crippen molar-refractivity contribution in [1.82, 2.24) is 4.98 Å². The van der Waals surface area contributed by atoms with Crippen LogP contribution >= 0.6 is 11.6 Å². The maximum atomic E-state index is 11.4. The Bertz CT molecular complexity index is 440. The van der Waals surface area contributed by atoms with Gasteiger partial charge in [0.15, 0.2) is 0 Å². The summed E-state index contributed by atoms with van der Waals surface area (Å²) in [5, 5.41) is 0. The monoisotopic (exact) mass is 272 g/mol. The van der Waals surface area contributed by atoms with Crippen LogP contribution in [0.3, 0.4) is 0 Å². The van der Waals surface area contributed by atoms with Crippen LogP contribution in [0.4, 0.5) is 5.82 Å². The second kappa shape index (κ2) is 5.36. The molecule has 0 N–H and O–H groups in total. The molecule has 3 nitrogen and oxygen atoms in total. The number of rotatable bonds is 2. The van der Waals surface area contributed by atoms with Gasteiger partial charge in [-0.15, -0.1) is 11.6 Å². The van der Waals surface area contributed by atoms with Crippen LogP contribution in [0.25, 0.3) is 0 Å². The van der Waals surface area contributed by atoms with E-state index in [9.17, 15) is 4.21 Å². The molecule has 5 heteroatoms.